The number of nitrogens with one attached hydrogen (secondary N) is 1. The largest absolute Gasteiger partial charge is 0.459 e. The number of hydrogen-bond donors (Lipinski definition) is 1. The fraction of sp³-hybridized carbons (Fsp3) is 0.312. The van der Waals surface area contributed by atoms with Crippen molar-refractivity contribution < 1.29 is 22.7 Å². The summed E-state index contributed by atoms with van der Waals surface area (Å²) < 4.78 is 29.8. The number of aromatic nitrogens is 2. The second kappa shape index (κ2) is 6.32. The first kappa shape index (κ1) is 17.2. The summed E-state index contributed by atoms with van der Waals surface area (Å²) in [5.41, 5.74) is 2.47. The van der Waals surface area contributed by atoms with E-state index in [0.29, 0.717) is 16.9 Å². The number of benzene rings is 1. The minimum absolute atomic E-state index is 0.0654. The van der Waals surface area contributed by atoms with Crippen LogP contribution in [-0.2, 0) is 35.7 Å². The van der Waals surface area contributed by atoms with Crippen molar-refractivity contribution in [2.45, 2.75) is 25.4 Å². The van der Waals surface area contributed by atoms with E-state index in [-0.39, 0.29) is 23.9 Å². The Hall–Kier alpha value is -2.68. The van der Waals surface area contributed by atoms with Crippen molar-refractivity contribution in [1.29, 1.82) is 0 Å². The number of carbonyl (C=O) groups excluding carboxylic acids is 2. The van der Waals surface area contributed by atoms with Crippen molar-refractivity contribution in [3.05, 3.63) is 41.1 Å². The molecular weight excluding hydrogens is 346 g/mol. The van der Waals surface area contributed by atoms with Crippen LogP contribution in [-0.4, -0.2) is 36.7 Å². The first-order valence-electron chi connectivity index (χ1n) is 7.67. The number of hydrogen-bond acceptors (Lipinski definition) is 6. The predicted molar refractivity (Wildman–Crippen MR) is 89.9 cm³/mol. The molecule has 0 bridgehead atoms. The van der Waals surface area contributed by atoms with Gasteiger partial charge in [0.1, 0.15) is 5.82 Å². The highest BCUT2D eigenvalue weighted by Gasteiger charge is 2.34. The van der Waals surface area contributed by atoms with Gasteiger partial charge in [-0.05, 0) is 26.0 Å². The summed E-state index contributed by atoms with van der Waals surface area (Å²) >= 11 is 0. The third-order valence-electron chi connectivity index (χ3n) is 3.76. The zero-order chi connectivity index (χ0) is 18.2. The lowest BCUT2D eigenvalue weighted by molar-refractivity contribution is -0.152. The van der Waals surface area contributed by atoms with Gasteiger partial charge in [-0.2, -0.15) is 5.10 Å². The summed E-state index contributed by atoms with van der Waals surface area (Å²) in [5, 5.41) is 6.76. The molecule has 0 saturated heterocycles. The minimum atomic E-state index is -3.30. The summed E-state index contributed by atoms with van der Waals surface area (Å²) in [6.45, 7) is 3.59. The van der Waals surface area contributed by atoms with E-state index in [9.17, 15) is 18.0 Å². The molecule has 0 saturated carbocycles. The molecular formula is C16H17N3O5S. The predicted octanol–water partition coefficient (Wildman–Crippen LogP) is 1.11. The van der Waals surface area contributed by atoms with Crippen LogP contribution < -0.4 is 5.32 Å². The highest BCUT2D eigenvalue weighted by atomic mass is 32.2. The smallest absolute Gasteiger partial charge is 0.397 e. The molecule has 3 rings (SSSR count). The molecule has 1 aliphatic rings. The Bertz CT molecular complexity index is 945. The number of esters is 1. The monoisotopic (exact) mass is 363 g/mol. The van der Waals surface area contributed by atoms with Crippen LogP contribution in [0.2, 0.25) is 0 Å². The van der Waals surface area contributed by atoms with Gasteiger partial charge in [-0.15, -0.1) is 0 Å². The third-order valence-corrected chi connectivity index (χ3v) is 5.20. The molecule has 1 aliphatic heterocycles. The highest BCUT2D eigenvalue weighted by Crippen LogP contribution is 2.32. The van der Waals surface area contributed by atoms with Gasteiger partial charge in [0, 0.05) is 5.56 Å². The van der Waals surface area contributed by atoms with Crippen LogP contribution in [0.25, 0.3) is 5.69 Å². The molecule has 2 aromatic rings. The number of rotatable bonds is 3. The number of sulfone groups is 1. The van der Waals surface area contributed by atoms with E-state index >= 15 is 0 Å². The summed E-state index contributed by atoms with van der Waals surface area (Å²) in [6.07, 6.45) is 0. The Kier molecular flexibility index (Phi) is 4.34. The number of carbonyl (C=O) groups is 2. The van der Waals surface area contributed by atoms with Crippen molar-refractivity contribution in [3.8, 4) is 5.69 Å². The molecule has 1 aromatic carbocycles. The SMILES string of the molecule is CCOC(=O)C(=O)Nc1c2c(nn1-c1ccc(C)cc1)CS(=O)(=O)C2. The molecule has 0 aliphatic carbocycles. The van der Waals surface area contributed by atoms with E-state index in [0.717, 1.165) is 5.56 Å². The third kappa shape index (κ3) is 3.41. The molecule has 1 amide bonds. The maximum atomic E-state index is 12.0. The number of amides is 1. The minimum Gasteiger partial charge on any atom is -0.459 e. The molecule has 8 nitrogen and oxygen atoms in total. The van der Waals surface area contributed by atoms with Crippen LogP contribution >= 0.6 is 0 Å². The molecule has 2 heterocycles. The number of fused-ring (bicyclic) bond motifs is 1. The zero-order valence-corrected chi connectivity index (χ0v) is 14.6. The van der Waals surface area contributed by atoms with Gasteiger partial charge in [-0.3, -0.25) is 4.79 Å². The quantitative estimate of drug-likeness (QED) is 0.647. The average Bonchev–Trinajstić information content (AvgIpc) is 3.01. The topological polar surface area (TPSA) is 107 Å². The zero-order valence-electron chi connectivity index (χ0n) is 13.8. The normalized spacial score (nSPS) is 14.8. The highest BCUT2D eigenvalue weighted by molar-refractivity contribution is 7.90. The van der Waals surface area contributed by atoms with Gasteiger partial charge in [0.05, 0.1) is 29.5 Å². The Morgan fingerprint density at radius 2 is 1.92 bits per heavy atom. The summed E-state index contributed by atoms with van der Waals surface area (Å²) in [7, 11) is -3.30. The molecule has 132 valence electrons. The summed E-state index contributed by atoms with van der Waals surface area (Å²) in [4.78, 5) is 23.6. The summed E-state index contributed by atoms with van der Waals surface area (Å²) in [6, 6.07) is 7.34. The fourth-order valence-electron chi connectivity index (χ4n) is 2.60. The molecule has 1 N–H and O–H groups in total. The lowest BCUT2D eigenvalue weighted by atomic mass is 10.2. The molecule has 0 unspecified atom stereocenters. The lowest BCUT2D eigenvalue weighted by Crippen LogP contribution is -2.26. The molecule has 0 radical (unpaired) electrons. The molecule has 25 heavy (non-hydrogen) atoms. The van der Waals surface area contributed by atoms with Crippen molar-refractivity contribution >= 4 is 27.5 Å². The van der Waals surface area contributed by atoms with Crippen LogP contribution in [0, 0.1) is 6.92 Å². The van der Waals surface area contributed by atoms with Gasteiger partial charge < -0.3 is 10.1 Å². The van der Waals surface area contributed by atoms with Gasteiger partial charge in [-0.25, -0.2) is 17.9 Å². The maximum absolute atomic E-state index is 12.0. The van der Waals surface area contributed by atoms with Crippen LogP contribution in [0.5, 0.6) is 0 Å². The van der Waals surface area contributed by atoms with Gasteiger partial charge in [0.15, 0.2) is 9.84 Å². The van der Waals surface area contributed by atoms with Crippen LogP contribution in [0.4, 0.5) is 5.82 Å². The Balaban J connectivity index is 2.03. The molecule has 0 fully saturated rings. The number of ether oxygens (including phenoxy) is 1. The fourth-order valence-corrected chi connectivity index (χ4v) is 4.09. The van der Waals surface area contributed by atoms with Gasteiger partial charge in [0.25, 0.3) is 0 Å². The Morgan fingerprint density at radius 3 is 2.56 bits per heavy atom. The van der Waals surface area contributed by atoms with Gasteiger partial charge >= 0.3 is 11.9 Å². The van der Waals surface area contributed by atoms with E-state index in [1.165, 1.54) is 4.68 Å². The Labute approximate surface area is 144 Å². The second-order valence-corrected chi connectivity index (χ2v) is 7.79. The molecule has 0 atom stereocenters. The van der Waals surface area contributed by atoms with Crippen molar-refractivity contribution in [1.82, 2.24) is 9.78 Å². The summed E-state index contributed by atoms with van der Waals surface area (Å²) in [5.74, 6) is -2.25. The number of anilines is 1. The average molecular weight is 363 g/mol. The lowest BCUT2D eigenvalue weighted by Gasteiger charge is -2.11. The van der Waals surface area contributed by atoms with E-state index in [1.807, 2.05) is 19.1 Å². The Morgan fingerprint density at radius 1 is 1.24 bits per heavy atom. The van der Waals surface area contributed by atoms with E-state index in [4.69, 9.17) is 0 Å². The van der Waals surface area contributed by atoms with E-state index < -0.39 is 21.7 Å². The van der Waals surface area contributed by atoms with Crippen molar-refractivity contribution in [2.75, 3.05) is 11.9 Å². The van der Waals surface area contributed by atoms with E-state index in [2.05, 4.69) is 15.2 Å². The standard InChI is InChI=1S/C16H17N3O5S/c1-3-24-16(21)15(20)17-14-12-8-25(22,23)9-13(12)18-19(14)11-6-4-10(2)5-7-11/h4-7H,3,8-9H2,1-2H3,(H,17,20). The van der Waals surface area contributed by atoms with Gasteiger partial charge in [0.2, 0.25) is 0 Å². The molecule has 0 spiro atoms. The maximum Gasteiger partial charge on any atom is 0.397 e. The molecule has 1 aromatic heterocycles. The first-order valence-corrected chi connectivity index (χ1v) is 9.49. The van der Waals surface area contributed by atoms with Crippen LogP contribution in [0.3, 0.4) is 0 Å². The van der Waals surface area contributed by atoms with Crippen molar-refractivity contribution in [2.24, 2.45) is 0 Å². The van der Waals surface area contributed by atoms with E-state index in [1.54, 1.807) is 19.1 Å². The van der Waals surface area contributed by atoms with Crippen LogP contribution in [0.1, 0.15) is 23.7 Å². The second-order valence-electron chi connectivity index (χ2n) is 5.73. The molecule has 9 heteroatoms. The van der Waals surface area contributed by atoms with Crippen molar-refractivity contribution in [3.63, 3.8) is 0 Å². The van der Waals surface area contributed by atoms with Crippen LogP contribution in [0.15, 0.2) is 24.3 Å². The van der Waals surface area contributed by atoms with Gasteiger partial charge in [-0.1, -0.05) is 17.7 Å². The first-order chi connectivity index (χ1) is 11.8. The number of nitrogens with zero attached hydrogens (tertiary/aromatic N) is 2. The number of aryl methyl sites for hydroxylation is 1.